The summed E-state index contributed by atoms with van der Waals surface area (Å²) in [6.07, 6.45) is 2.43. The average Bonchev–Trinajstić information content (AvgIpc) is 2.93. The zero-order valence-corrected chi connectivity index (χ0v) is 10.8. The van der Waals surface area contributed by atoms with Crippen molar-refractivity contribution < 1.29 is 9.59 Å². The number of carbonyl (C=O) groups excluding carboxylic acids is 2. The normalized spacial score (nSPS) is 16.2. The Hall–Kier alpha value is -1.88. The fourth-order valence-electron chi connectivity index (χ4n) is 2.16. The second kappa shape index (κ2) is 6.33. The van der Waals surface area contributed by atoms with Crippen molar-refractivity contribution in [1.82, 2.24) is 10.2 Å². The summed E-state index contributed by atoms with van der Waals surface area (Å²) in [5, 5.41) is 2.36. The molecule has 19 heavy (non-hydrogen) atoms. The van der Waals surface area contributed by atoms with Crippen molar-refractivity contribution in [3.05, 3.63) is 35.9 Å². The van der Waals surface area contributed by atoms with Crippen LogP contribution in [0.2, 0.25) is 0 Å². The van der Waals surface area contributed by atoms with Gasteiger partial charge < -0.3 is 10.6 Å². The molecule has 1 aromatic carbocycles. The Bertz CT molecular complexity index is 441. The lowest BCUT2D eigenvalue weighted by Gasteiger charge is -2.17. The number of benzene rings is 1. The summed E-state index contributed by atoms with van der Waals surface area (Å²) in [5.41, 5.74) is 6.80. The SMILES string of the molecule is N[C@@H](Cc1ccccc1)C(=O)NC(=O)N1CCCC1. The lowest BCUT2D eigenvalue weighted by Crippen LogP contribution is -2.48. The van der Waals surface area contributed by atoms with E-state index in [1.165, 1.54) is 0 Å². The number of urea groups is 1. The fourth-order valence-corrected chi connectivity index (χ4v) is 2.16. The third-order valence-corrected chi connectivity index (χ3v) is 3.26. The van der Waals surface area contributed by atoms with E-state index in [0.717, 1.165) is 18.4 Å². The van der Waals surface area contributed by atoms with Crippen LogP contribution < -0.4 is 11.1 Å². The van der Waals surface area contributed by atoms with Crippen molar-refractivity contribution in [1.29, 1.82) is 0 Å². The highest BCUT2D eigenvalue weighted by Crippen LogP contribution is 2.07. The van der Waals surface area contributed by atoms with Crippen LogP contribution in [0, 0.1) is 0 Å². The van der Waals surface area contributed by atoms with Crippen LogP contribution in [0.25, 0.3) is 0 Å². The van der Waals surface area contributed by atoms with E-state index in [-0.39, 0.29) is 6.03 Å². The molecule has 5 nitrogen and oxygen atoms in total. The number of imide groups is 1. The van der Waals surface area contributed by atoms with Gasteiger partial charge in [-0.2, -0.15) is 0 Å². The second-order valence-corrected chi connectivity index (χ2v) is 4.78. The lowest BCUT2D eigenvalue weighted by molar-refractivity contribution is -0.121. The summed E-state index contributed by atoms with van der Waals surface area (Å²) < 4.78 is 0. The third-order valence-electron chi connectivity index (χ3n) is 3.26. The minimum atomic E-state index is -0.700. The van der Waals surface area contributed by atoms with Gasteiger partial charge in [-0.15, -0.1) is 0 Å². The van der Waals surface area contributed by atoms with Crippen LogP contribution in [-0.2, 0) is 11.2 Å². The first-order valence-corrected chi connectivity index (χ1v) is 6.56. The maximum atomic E-state index is 11.8. The second-order valence-electron chi connectivity index (χ2n) is 4.78. The van der Waals surface area contributed by atoms with Crippen molar-refractivity contribution in [3.63, 3.8) is 0 Å². The first-order chi connectivity index (χ1) is 9.16. The summed E-state index contributed by atoms with van der Waals surface area (Å²) in [4.78, 5) is 25.2. The fraction of sp³-hybridized carbons (Fsp3) is 0.429. The zero-order chi connectivity index (χ0) is 13.7. The first kappa shape index (κ1) is 13.5. The maximum Gasteiger partial charge on any atom is 0.324 e. The molecule has 0 radical (unpaired) electrons. The third kappa shape index (κ3) is 3.79. The van der Waals surface area contributed by atoms with Gasteiger partial charge in [-0.1, -0.05) is 30.3 Å². The minimum absolute atomic E-state index is 0.328. The molecule has 1 aromatic rings. The Kier molecular flexibility index (Phi) is 4.52. The standard InChI is InChI=1S/C14H19N3O2/c15-12(10-11-6-2-1-3-7-11)13(18)16-14(19)17-8-4-5-9-17/h1-3,6-7,12H,4-5,8-10,15H2,(H,16,18,19)/t12-/m0/s1. The molecule has 1 aliphatic rings. The molecule has 0 bridgehead atoms. The van der Waals surface area contributed by atoms with E-state index in [1.807, 2.05) is 30.3 Å². The Morgan fingerprint density at radius 3 is 2.47 bits per heavy atom. The number of rotatable bonds is 3. The number of carbonyl (C=O) groups is 2. The largest absolute Gasteiger partial charge is 0.324 e. The van der Waals surface area contributed by atoms with Gasteiger partial charge in [0.25, 0.3) is 0 Å². The highest BCUT2D eigenvalue weighted by molar-refractivity contribution is 5.97. The molecule has 0 spiro atoms. The van der Waals surface area contributed by atoms with Gasteiger partial charge in [0.2, 0.25) is 5.91 Å². The number of amides is 3. The van der Waals surface area contributed by atoms with Crippen molar-refractivity contribution in [2.24, 2.45) is 5.73 Å². The number of nitrogens with one attached hydrogen (secondary N) is 1. The number of hydrogen-bond donors (Lipinski definition) is 2. The summed E-state index contributed by atoms with van der Waals surface area (Å²) in [6, 6.07) is 8.50. The molecule has 0 saturated carbocycles. The molecule has 1 fully saturated rings. The van der Waals surface area contributed by atoms with E-state index in [0.29, 0.717) is 19.5 Å². The summed E-state index contributed by atoms with van der Waals surface area (Å²) >= 11 is 0. The first-order valence-electron chi connectivity index (χ1n) is 6.56. The molecule has 1 heterocycles. The van der Waals surface area contributed by atoms with Crippen LogP contribution in [0.4, 0.5) is 4.79 Å². The number of nitrogens with two attached hydrogens (primary N) is 1. The Labute approximate surface area is 112 Å². The van der Waals surface area contributed by atoms with Gasteiger partial charge in [-0.05, 0) is 24.8 Å². The highest BCUT2D eigenvalue weighted by atomic mass is 16.2. The van der Waals surface area contributed by atoms with Crippen molar-refractivity contribution in [2.45, 2.75) is 25.3 Å². The molecule has 1 saturated heterocycles. The molecule has 1 atom stereocenters. The quantitative estimate of drug-likeness (QED) is 0.848. The molecular formula is C14H19N3O2. The van der Waals surface area contributed by atoms with Crippen LogP contribution in [0.3, 0.4) is 0 Å². The minimum Gasteiger partial charge on any atom is -0.324 e. The van der Waals surface area contributed by atoms with Crippen LogP contribution in [0.5, 0.6) is 0 Å². The molecular weight excluding hydrogens is 242 g/mol. The van der Waals surface area contributed by atoms with Gasteiger partial charge in [0.05, 0.1) is 6.04 Å². The highest BCUT2D eigenvalue weighted by Gasteiger charge is 2.22. The predicted molar refractivity (Wildman–Crippen MR) is 72.5 cm³/mol. The Morgan fingerprint density at radius 1 is 1.21 bits per heavy atom. The van der Waals surface area contributed by atoms with Gasteiger partial charge in [-0.3, -0.25) is 10.1 Å². The van der Waals surface area contributed by atoms with Gasteiger partial charge in [-0.25, -0.2) is 4.79 Å². The predicted octanol–water partition coefficient (Wildman–Crippen LogP) is 0.888. The van der Waals surface area contributed by atoms with Crippen molar-refractivity contribution in [2.75, 3.05) is 13.1 Å². The zero-order valence-electron chi connectivity index (χ0n) is 10.8. The van der Waals surface area contributed by atoms with Gasteiger partial charge in [0.1, 0.15) is 0 Å². The summed E-state index contributed by atoms with van der Waals surface area (Å²) in [5.74, 6) is -0.416. The molecule has 0 unspecified atom stereocenters. The lowest BCUT2D eigenvalue weighted by atomic mass is 10.1. The summed E-state index contributed by atoms with van der Waals surface area (Å²) in [7, 11) is 0. The Balaban J connectivity index is 1.83. The van der Waals surface area contributed by atoms with Crippen molar-refractivity contribution in [3.8, 4) is 0 Å². The van der Waals surface area contributed by atoms with Gasteiger partial charge in [0.15, 0.2) is 0 Å². The van der Waals surface area contributed by atoms with E-state index in [1.54, 1.807) is 4.90 Å². The Morgan fingerprint density at radius 2 is 1.84 bits per heavy atom. The van der Waals surface area contributed by atoms with E-state index < -0.39 is 11.9 Å². The van der Waals surface area contributed by atoms with Crippen LogP contribution >= 0.6 is 0 Å². The van der Waals surface area contributed by atoms with E-state index >= 15 is 0 Å². The number of nitrogens with zero attached hydrogens (tertiary/aromatic N) is 1. The molecule has 5 heteroatoms. The van der Waals surface area contributed by atoms with Gasteiger partial charge >= 0.3 is 6.03 Å². The topological polar surface area (TPSA) is 75.4 Å². The van der Waals surface area contributed by atoms with Crippen molar-refractivity contribution >= 4 is 11.9 Å². The van der Waals surface area contributed by atoms with Gasteiger partial charge in [0, 0.05) is 13.1 Å². The molecule has 2 rings (SSSR count). The van der Waals surface area contributed by atoms with E-state index in [2.05, 4.69) is 5.32 Å². The van der Waals surface area contributed by atoms with Crippen LogP contribution in [0.1, 0.15) is 18.4 Å². The number of hydrogen-bond acceptors (Lipinski definition) is 3. The summed E-state index contributed by atoms with van der Waals surface area (Å²) in [6.45, 7) is 1.43. The van der Waals surface area contributed by atoms with E-state index in [4.69, 9.17) is 5.73 Å². The maximum absolute atomic E-state index is 11.8. The average molecular weight is 261 g/mol. The van der Waals surface area contributed by atoms with Crippen LogP contribution in [0.15, 0.2) is 30.3 Å². The van der Waals surface area contributed by atoms with E-state index in [9.17, 15) is 9.59 Å². The monoisotopic (exact) mass is 261 g/mol. The molecule has 3 N–H and O–H groups in total. The molecule has 102 valence electrons. The molecule has 0 aliphatic carbocycles. The molecule has 1 aliphatic heterocycles. The smallest absolute Gasteiger partial charge is 0.324 e. The van der Waals surface area contributed by atoms with Crippen LogP contribution in [-0.4, -0.2) is 36.0 Å². The molecule has 0 aromatic heterocycles. The number of likely N-dealkylation sites (tertiary alicyclic amines) is 1. The molecule has 3 amide bonds.